The summed E-state index contributed by atoms with van der Waals surface area (Å²) in [5.74, 6) is 0.421. The molecule has 1 aromatic heterocycles. The number of aryl methyl sites for hydroxylation is 1. The summed E-state index contributed by atoms with van der Waals surface area (Å²) in [6, 6.07) is 0. The fourth-order valence-corrected chi connectivity index (χ4v) is 6.67. The van der Waals surface area contributed by atoms with E-state index in [9.17, 15) is 13.5 Å². The Hall–Kier alpha value is -0.880. The number of sulfone groups is 1. The van der Waals surface area contributed by atoms with Crippen molar-refractivity contribution < 1.29 is 13.5 Å². The minimum absolute atomic E-state index is 0.00444. The van der Waals surface area contributed by atoms with Crippen LogP contribution in [-0.2, 0) is 16.9 Å². The zero-order valence-corrected chi connectivity index (χ0v) is 13.0. The molecule has 2 saturated carbocycles. The molecule has 0 amide bonds. The van der Waals surface area contributed by atoms with E-state index in [4.69, 9.17) is 0 Å². The normalized spacial score (nSPS) is 35.6. The zero-order chi connectivity index (χ0) is 14.8. The van der Waals surface area contributed by atoms with Gasteiger partial charge in [0.1, 0.15) is 0 Å². The number of hydrogen-bond acceptors (Lipinski definition) is 4. The quantitative estimate of drug-likeness (QED) is 0.915. The minimum atomic E-state index is -3.49. The van der Waals surface area contributed by atoms with Crippen LogP contribution in [-0.4, -0.2) is 34.9 Å². The molecule has 3 unspecified atom stereocenters. The molecule has 2 aliphatic rings. The Morgan fingerprint density at radius 2 is 2.20 bits per heavy atom. The summed E-state index contributed by atoms with van der Waals surface area (Å²) in [5, 5.41) is 10.5. The van der Waals surface area contributed by atoms with Crippen LogP contribution < -0.4 is 0 Å². The fourth-order valence-electron chi connectivity index (χ4n) is 4.43. The number of rotatable bonds is 3. The Morgan fingerprint density at radius 3 is 2.65 bits per heavy atom. The van der Waals surface area contributed by atoms with Crippen LogP contribution in [0.2, 0.25) is 0 Å². The molecule has 1 aromatic rings. The van der Waals surface area contributed by atoms with Crippen LogP contribution >= 0.6 is 0 Å². The molecule has 5 nitrogen and oxygen atoms in total. The van der Waals surface area contributed by atoms with Gasteiger partial charge in [-0.2, -0.15) is 0 Å². The summed E-state index contributed by atoms with van der Waals surface area (Å²) < 4.78 is 26.9. The summed E-state index contributed by atoms with van der Waals surface area (Å²) >= 11 is 0. The van der Waals surface area contributed by atoms with Gasteiger partial charge in [-0.15, -0.1) is 0 Å². The third-order valence-electron chi connectivity index (χ3n) is 5.89. The van der Waals surface area contributed by atoms with E-state index in [0.717, 1.165) is 19.3 Å². The van der Waals surface area contributed by atoms with E-state index < -0.39 is 21.4 Å². The average Bonchev–Trinajstić information content (AvgIpc) is 2.91. The number of aliphatic hydroxyl groups is 1. The van der Waals surface area contributed by atoms with E-state index >= 15 is 0 Å². The van der Waals surface area contributed by atoms with E-state index in [1.54, 1.807) is 13.2 Å². The van der Waals surface area contributed by atoms with Gasteiger partial charge in [-0.1, -0.05) is 13.8 Å². The Labute approximate surface area is 119 Å². The van der Waals surface area contributed by atoms with E-state index in [1.807, 2.05) is 0 Å². The van der Waals surface area contributed by atoms with Crippen LogP contribution in [0.25, 0.3) is 0 Å². The highest BCUT2D eigenvalue weighted by Crippen LogP contribution is 2.66. The Balaban J connectivity index is 2.01. The summed E-state index contributed by atoms with van der Waals surface area (Å²) in [7, 11) is -1.80. The van der Waals surface area contributed by atoms with Crippen molar-refractivity contribution >= 4 is 9.84 Å². The minimum Gasteiger partial charge on any atom is -0.392 e. The van der Waals surface area contributed by atoms with Crippen molar-refractivity contribution in [2.45, 2.75) is 44.4 Å². The molecule has 0 aliphatic heterocycles. The van der Waals surface area contributed by atoms with Gasteiger partial charge < -0.3 is 9.67 Å². The smallest absolute Gasteiger partial charge is 0.227 e. The second kappa shape index (κ2) is 4.07. The lowest BCUT2D eigenvalue weighted by Gasteiger charge is -2.40. The maximum Gasteiger partial charge on any atom is 0.227 e. The van der Waals surface area contributed by atoms with Gasteiger partial charge in [-0.25, -0.2) is 13.4 Å². The number of aromatic nitrogens is 2. The number of fused-ring (bicyclic) bond motifs is 2. The van der Waals surface area contributed by atoms with Gasteiger partial charge in [0.2, 0.25) is 15.0 Å². The standard InChI is InChI=1S/C14H22N2O3S/c1-13(2)10-4-5-14(13,11(17)8-10)9-20(18,19)12-15-6-7-16(12)3/h6-7,10-11,17H,4-5,8-9H2,1-3H3. The van der Waals surface area contributed by atoms with Crippen LogP contribution in [0.5, 0.6) is 0 Å². The SMILES string of the molecule is Cn1ccnc1S(=O)(=O)CC12CCC(CC1O)C2(C)C. The van der Waals surface area contributed by atoms with Crippen molar-refractivity contribution in [2.24, 2.45) is 23.8 Å². The molecule has 3 atom stereocenters. The van der Waals surface area contributed by atoms with Crippen LogP contribution in [0, 0.1) is 16.7 Å². The first-order valence-electron chi connectivity index (χ1n) is 7.09. The topological polar surface area (TPSA) is 72.2 Å². The second-order valence-corrected chi connectivity index (χ2v) is 8.83. The summed E-state index contributed by atoms with van der Waals surface area (Å²) in [5.41, 5.74) is -0.660. The second-order valence-electron chi connectivity index (χ2n) is 6.94. The van der Waals surface area contributed by atoms with E-state index in [2.05, 4.69) is 18.8 Å². The zero-order valence-electron chi connectivity index (χ0n) is 12.2. The molecular formula is C14H22N2O3S. The molecule has 2 fully saturated rings. The van der Waals surface area contributed by atoms with Gasteiger partial charge in [-0.3, -0.25) is 0 Å². The number of imidazole rings is 1. The maximum atomic E-state index is 12.7. The first-order valence-corrected chi connectivity index (χ1v) is 8.74. The molecule has 0 aromatic carbocycles. The summed E-state index contributed by atoms with van der Waals surface area (Å²) in [4.78, 5) is 3.97. The van der Waals surface area contributed by atoms with Gasteiger partial charge in [0, 0.05) is 24.9 Å². The lowest BCUT2D eigenvalue weighted by Crippen LogP contribution is -2.44. The third kappa shape index (κ3) is 1.64. The molecule has 6 heteroatoms. The average molecular weight is 298 g/mol. The first kappa shape index (κ1) is 14.1. The van der Waals surface area contributed by atoms with Crippen LogP contribution in [0.4, 0.5) is 0 Å². The molecule has 1 heterocycles. The molecule has 2 bridgehead atoms. The van der Waals surface area contributed by atoms with Crippen molar-refractivity contribution in [1.82, 2.24) is 9.55 Å². The van der Waals surface area contributed by atoms with Gasteiger partial charge in [0.25, 0.3) is 0 Å². The lowest BCUT2D eigenvalue weighted by molar-refractivity contribution is 0.0152. The van der Waals surface area contributed by atoms with Crippen LogP contribution in [0.15, 0.2) is 17.6 Å². The van der Waals surface area contributed by atoms with E-state index in [1.165, 1.54) is 10.8 Å². The molecule has 1 N–H and O–H groups in total. The molecule has 20 heavy (non-hydrogen) atoms. The number of nitrogens with zero attached hydrogens (tertiary/aromatic N) is 2. The summed E-state index contributed by atoms with van der Waals surface area (Å²) in [6.07, 6.45) is 5.14. The monoisotopic (exact) mass is 298 g/mol. The summed E-state index contributed by atoms with van der Waals surface area (Å²) in [6.45, 7) is 4.21. The van der Waals surface area contributed by atoms with Gasteiger partial charge in [-0.05, 0) is 30.6 Å². The van der Waals surface area contributed by atoms with Gasteiger partial charge in [0.05, 0.1) is 11.9 Å². The van der Waals surface area contributed by atoms with Crippen molar-refractivity contribution in [1.29, 1.82) is 0 Å². The van der Waals surface area contributed by atoms with Gasteiger partial charge >= 0.3 is 0 Å². The largest absolute Gasteiger partial charge is 0.392 e. The highest BCUT2D eigenvalue weighted by atomic mass is 32.2. The first-order chi connectivity index (χ1) is 9.21. The van der Waals surface area contributed by atoms with Crippen LogP contribution in [0.3, 0.4) is 0 Å². The molecule has 0 spiro atoms. The molecule has 0 saturated heterocycles. The molecule has 0 radical (unpaired) electrons. The Kier molecular flexibility index (Phi) is 2.86. The third-order valence-corrected chi connectivity index (χ3v) is 7.74. The predicted molar refractivity (Wildman–Crippen MR) is 74.8 cm³/mol. The fraction of sp³-hybridized carbons (Fsp3) is 0.786. The molecule has 112 valence electrons. The van der Waals surface area contributed by atoms with E-state index in [0.29, 0.717) is 5.92 Å². The number of aliphatic hydroxyl groups excluding tert-OH is 1. The molecule has 3 rings (SSSR count). The predicted octanol–water partition coefficient (Wildman–Crippen LogP) is 1.38. The molecular weight excluding hydrogens is 276 g/mol. The van der Waals surface area contributed by atoms with Crippen molar-refractivity contribution in [3.63, 3.8) is 0 Å². The van der Waals surface area contributed by atoms with Crippen LogP contribution in [0.1, 0.15) is 33.1 Å². The van der Waals surface area contributed by atoms with E-state index in [-0.39, 0.29) is 16.3 Å². The van der Waals surface area contributed by atoms with Gasteiger partial charge in [0.15, 0.2) is 0 Å². The Bertz CT molecular complexity index is 635. The molecule has 2 aliphatic carbocycles. The van der Waals surface area contributed by atoms with Crippen molar-refractivity contribution in [3.05, 3.63) is 12.4 Å². The highest BCUT2D eigenvalue weighted by Gasteiger charge is 2.65. The van der Waals surface area contributed by atoms with Crippen molar-refractivity contribution in [3.8, 4) is 0 Å². The maximum absolute atomic E-state index is 12.7. The Morgan fingerprint density at radius 1 is 1.50 bits per heavy atom. The van der Waals surface area contributed by atoms with Crippen molar-refractivity contribution in [2.75, 3.05) is 5.75 Å². The number of hydrogen-bond donors (Lipinski definition) is 1. The highest BCUT2D eigenvalue weighted by molar-refractivity contribution is 7.91. The lowest BCUT2D eigenvalue weighted by atomic mass is 9.70.